The highest BCUT2D eigenvalue weighted by Gasteiger charge is 2.31. The lowest BCUT2D eigenvalue weighted by Crippen LogP contribution is -2.36. The first-order valence-electron chi connectivity index (χ1n) is 3.98. The number of nitrogens with two attached hydrogens (primary N) is 1. The van der Waals surface area contributed by atoms with Crippen molar-refractivity contribution in [1.29, 1.82) is 0 Å². The second-order valence-corrected chi connectivity index (χ2v) is 4.15. The van der Waals surface area contributed by atoms with Gasteiger partial charge in [-0.15, -0.1) is 0 Å². The summed E-state index contributed by atoms with van der Waals surface area (Å²) >= 11 is 3.13. The molecule has 0 aliphatic heterocycles. The third-order valence-corrected chi connectivity index (χ3v) is 2.35. The molecule has 0 radical (unpaired) electrons. The molecule has 5 nitrogen and oxygen atoms in total. The van der Waals surface area contributed by atoms with Crippen LogP contribution in [0, 0.1) is 0 Å². The van der Waals surface area contributed by atoms with E-state index in [1.54, 1.807) is 13.8 Å². The number of methoxy groups -OCH3 is 1. The molecule has 2 N–H and O–H groups in total. The van der Waals surface area contributed by atoms with Gasteiger partial charge in [0.1, 0.15) is 10.2 Å². The van der Waals surface area contributed by atoms with Crippen molar-refractivity contribution in [3.8, 4) is 0 Å². The molecule has 0 aromatic carbocycles. The average Bonchev–Trinajstić information content (AvgIpc) is 2.44. The van der Waals surface area contributed by atoms with Crippen molar-refractivity contribution in [3.63, 3.8) is 0 Å². The van der Waals surface area contributed by atoms with E-state index < -0.39 is 5.60 Å². The number of carbonyl (C=O) groups excluding carboxylic acids is 1. The minimum absolute atomic E-state index is 0.170. The summed E-state index contributed by atoms with van der Waals surface area (Å²) in [4.78, 5) is 15.8. The smallest absolute Gasteiger partial charge is 0.231 e. The topological polar surface area (TPSA) is 70.1 Å². The summed E-state index contributed by atoms with van der Waals surface area (Å²) in [5, 5.41) is 0. The Kier molecular flexibility index (Phi) is 2.96. The molecule has 0 atom stereocenters. The molecule has 78 valence electrons. The zero-order chi connectivity index (χ0) is 10.9. The first-order valence-corrected chi connectivity index (χ1v) is 4.77. The Morgan fingerprint density at radius 2 is 2.29 bits per heavy atom. The third-order valence-electron chi connectivity index (χ3n) is 1.96. The summed E-state index contributed by atoms with van der Waals surface area (Å²) in [6.07, 6.45) is 1.51. The molecule has 1 aromatic rings. The molecule has 6 heteroatoms. The number of halogens is 1. The minimum atomic E-state index is -0.915. The van der Waals surface area contributed by atoms with E-state index >= 15 is 0 Å². The van der Waals surface area contributed by atoms with E-state index in [0.29, 0.717) is 4.60 Å². The zero-order valence-electron chi connectivity index (χ0n) is 8.24. The van der Waals surface area contributed by atoms with Gasteiger partial charge >= 0.3 is 0 Å². The fourth-order valence-electron chi connectivity index (χ4n) is 0.894. The van der Waals surface area contributed by atoms with Crippen molar-refractivity contribution in [3.05, 3.63) is 16.6 Å². The molecule has 0 aliphatic carbocycles. The third kappa shape index (κ3) is 1.96. The van der Waals surface area contributed by atoms with Gasteiger partial charge in [-0.05, 0) is 29.8 Å². The number of carbonyl (C=O) groups is 1. The second kappa shape index (κ2) is 3.70. The number of hydrogen-bond acceptors (Lipinski definition) is 4. The average molecular weight is 262 g/mol. The van der Waals surface area contributed by atoms with Gasteiger partial charge in [-0.2, -0.15) is 0 Å². The van der Waals surface area contributed by atoms with Crippen LogP contribution in [0.2, 0.25) is 0 Å². The van der Waals surface area contributed by atoms with Crippen molar-refractivity contribution < 1.29 is 9.53 Å². The molecule has 0 fully saturated rings. The fraction of sp³-hybridized carbons (Fsp3) is 0.500. The maximum atomic E-state index is 11.8. The predicted octanol–water partition coefficient (Wildman–Crippen LogP) is 0.967. The Morgan fingerprint density at radius 3 is 2.64 bits per heavy atom. The van der Waals surface area contributed by atoms with E-state index in [9.17, 15) is 4.79 Å². The first-order chi connectivity index (χ1) is 6.38. The molecule has 1 rings (SSSR count). The zero-order valence-corrected chi connectivity index (χ0v) is 9.83. The highest BCUT2D eigenvalue weighted by atomic mass is 79.9. The van der Waals surface area contributed by atoms with E-state index in [2.05, 4.69) is 20.9 Å². The van der Waals surface area contributed by atoms with Gasteiger partial charge in [0.05, 0.1) is 6.20 Å². The standard InChI is InChI=1S/C8H12BrN3O2/c1-8(2,14-3)6(13)7-11-5(9)4-12(7)10/h4H,10H2,1-3H3. The van der Waals surface area contributed by atoms with E-state index in [4.69, 9.17) is 10.6 Å². The minimum Gasteiger partial charge on any atom is -0.371 e. The SMILES string of the molecule is COC(C)(C)C(=O)c1nc(Br)cn1N. The van der Waals surface area contributed by atoms with Crippen LogP contribution in [0.3, 0.4) is 0 Å². The van der Waals surface area contributed by atoms with Crippen molar-refractivity contribution >= 4 is 21.7 Å². The summed E-state index contributed by atoms with van der Waals surface area (Å²) in [5.41, 5.74) is -0.915. The number of ketones is 1. The molecular formula is C8H12BrN3O2. The van der Waals surface area contributed by atoms with Crippen LogP contribution in [0.1, 0.15) is 24.5 Å². The summed E-state index contributed by atoms with van der Waals surface area (Å²) in [7, 11) is 1.47. The maximum Gasteiger partial charge on any atom is 0.231 e. The van der Waals surface area contributed by atoms with Gasteiger partial charge in [0.25, 0.3) is 0 Å². The van der Waals surface area contributed by atoms with Gasteiger partial charge in [-0.1, -0.05) is 0 Å². The van der Waals surface area contributed by atoms with Crippen LogP contribution in [0.15, 0.2) is 10.8 Å². The number of ether oxygens (including phenoxy) is 1. The molecule has 0 bridgehead atoms. The first kappa shape index (κ1) is 11.2. The Balaban J connectivity index is 3.06. The van der Waals surface area contributed by atoms with Gasteiger partial charge in [0, 0.05) is 7.11 Å². The Labute approximate surface area is 90.3 Å². The normalized spacial score (nSPS) is 11.7. The second-order valence-electron chi connectivity index (χ2n) is 3.34. The molecule has 0 unspecified atom stereocenters. The molecular weight excluding hydrogens is 250 g/mol. The van der Waals surface area contributed by atoms with Crippen LogP contribution < -0.4 is 5.84 Å². The molecule has 0 aliphatic rings. The Morgan fingerprint density at radius 1 is 1.71 bits per heavy atom. The summed E-state index contributed by atoms with van der Waals surface area (Å²) < 4.78 is 6.74. The number of nitrogen functional groups attached to an aromatic ring is 1. The number of nitrogens with zero attached hydrogens (tertiary/aromatic N) is 2. The fourth-order valence-corrected chi connectivity index (χ4v) is 1.28. The van der Waals surface area contributed by atoms with Crippen molar-refractivity contribution in [2.75, 3.05) is 13.0 Å². The van der Waals surface area contributed by atoms with Gasteiger partial charge in [0.2, 0.25) is 5.78 Å². The van der Waals surface area contributed by atoms with Gasteiger partial charge in [-0.25, -0.2) is 9.66 Å². The lowest BCUT2D eigenvalue weighted by atomic mass is 10.0. The summed E-state index contributed by atoms with van der Waals surface area (Å²) in [5.74, 6) is 5.46. The molecule has 0 spiro atoms. The largest absolute Gasteiger partial charge is 0.371 e. The monoisotopic (exact) mass is 261 g/mol. The molecule has 0 saturated heterocycles. The summed E-state index contributed by atoms with van der Waals surface area (Å²) in [6, 6.07) is 0. The van der Waals surface area contributed by atoms with Gasteiger partial charge in [-0.3, -0.25) is 4.79 Å². The van der Waals surface area contributed by atoms with Crippen molar-refractivity contribution in [2.24, 2.45) is 0 Å². The maximum absolute atomic E-state index is 11.8. The summed E-state index contributed by atoms with van der Waals surface area (Å²) in [6.45, 7) is 3.33. The number of rotatable bonds is 3. The van der Waals surface area contributed by atoms with Crippen LogP contribution in [-0.2, 0) is 4.74 Å². The predicted molar refractivity (Wildman–Crippen MR) is 55.5 cm³/mol. The van der Waals surface area contributed by atoms with Gasteiger partial charge < -0.3 is 10.6 Å². The molecule has 0 saturated carbocycles. The molecule has 1 heterocycles. The Hall–Kier alpha value is -0.880. The van der Waals surface area contributed by atoms with E-state index in [1.165, 1.54) is 18.0 Å². The number of aromatic nitrogens is 2. The van der Waals surface area contributed by atoms with Crippen LogP contribution in [0.5, 0.6) is 0 Å². The van der Waals surface area contributed by atoms with Crippen LogP contribution in [0.4, 0.5) is 0 Å². The van der Waals surface area contributed by atoms with Crippen LogP contribution >= 0.6 is 15.9 Å². The van der Waals surface area contributed by atoms with Crippen molar-refractivity contribution in [2.45, 2.75) is 19.4 Å². The lowest BCUT2D eigenvalue weighted by Gasteiger charge is -2.20. The molecule has 1 aromatic heterocycles. The van der Waals surface area contributed by atoms with Crippen molar-refractivity contribution in [1.82, 2.24) is 9.66 Å². The van der Waals surface area contributed by atoms with Gasteiger partial charge in [0.15, 0.2) is 5.82 Å². The quantitative estimate of drug-likeness (QED) is 0.650. The highest BCUT2D eigenvalue weighted by Crippen LogP contribution is 2.16. The van der Waals surface area contributed by atoms with E-state index in [1.807, 2.05) is 0 Å². The number of Topliss-reactive ketones (excluding diaryl/α,β-unsaturated/α-hetero) is 1. The number of imidazole rings is 1. The van der Waals surface area contributed by atoms with Crippen LogP contribution in [0.25, 0.3) is 0 Å². The lowest BCUT2D eigenvalue weighted by molar-refractivity contribution is 0.0216. The van der Waals surface area contributed by atoms with E-state index in [0.717, 1.165) is 0 Å². The highest BCUT2D eigenvalue weighted by molar-refractivity contribution is 9.10. The van der Waals surface area contributed by atoms with E-state index in [-0.39, 0.29) is 11.6 Å². The van der Waals surface area contributed by atoms with Crippen LogP contribution in [-0.4, -0.2) is 28.2 Å². The number of hydrogen-bond donors (Lipinski definition) is 1. The molecule has 14 heavy (non-hydrogen) atoms. The Bertz CT molecular complexity index is 359. The molecule has 0 amide bonds.